The standard InChI is InChI=1S/C19H31N5O.3ClH/c1-23(2)15-8-10-24(11-9-15)16-6-7-18(21-13-16)22-19(25)12-14-4-3-5-17(14)20;;;/h6-7,13-15,17H,3-5,8-12,20H2,1-2H3,(H,21,22,25);3*1H/t14-,17+;;;/m0.../s1. The monoisotopic (exact) mass is 453 g/mol. The smallest absolute Gasteiger partial charge is 0.225 e. The van der Waals surface area contributed by atoms with Crippen molar-refractivity contribution in [3.8, 4) is 0 Å². The number of rotatable bonds is 5. The average molecular weight is 455 g/mol. The molecule has 1 amide bonds. The van der Waals surface area contributed by atoms with Gasteiger partial charge in [-0.2, -0.15) is 0 Å². The van der Waals surface area contributed by atoms with E-state index in [9.17, 15) is 4.79 Å². The second-order valence-electron chi connectivity index (χ2n) is 7.69. The van der Waals surface area contributed by atoms with Gasteiger partial charge in [0.25, 0.3) is 0 Å². The van der Waals surface area contributed by atoms with Crippen molar-refractivity contribution in [1.29, 1.82) is 0 Å². The summed E-state index contributed by atoms with van der Waals surface area (Å²) < 4.78 is 0. The number of piperidine rings is 1. The first kappa shape index (κ1) is 27.2. The Hall–Kier alpha value is -0.790. The minimum Gasteiger partial charge on any atom is -0.370 e. The molecule has 2 aliphatic rings. The van der Waals surface area contributed by atoms with E-state index in [1.165, 1.54) is 12.8 Å². The summed E-state index contributed by atoms with van der Waals surface area (Å²) in [4.78, 5) is 21.3. The van der Waals surface area contributed by atoms with Crippen LogP contribution in [-0.2, 0) is 4.79 Å². The van der Waals surface area contributed by atoms with Crippen LogP contribution in [-0.4, -0.2) is 55.1 Å². The SMILES string of the molecule is CN(C)C1CCN(c2ccc(NC(=O)C[C@@H]3CCC[C@H]3N)nc2)CC1.Cl.Cl.Cl. The molecule has 1 saturated carbocycles. The molecule has 2 atom stereocenters. The number of nitrogens with one attached hydrogen (secondary N) is 1. The molecule has 2 fully saturated rings. The fourth-order valence-electron chi connectivity index (χ4n) is 4.04. The highest BCUT2D eigenvalue weighted by atomic mass is 35.5. The zero-order valence-electron chi connectivity index (χ0n) is 16.7. The second kappa shape index (κ2) is 12.7. The van der Waals surface area contributed by atoms with Gasteiger partial charge < -0.3 is 20.9 Å². The second-order valence-corrected chi connectivity index (χ2v) is 7.69. The van der Waals surface area contributed by atoms with Crippen LogP contribution >= 0.6 is 37.2 Å². The van der Waals surface area contributed by atoms with Crippen LogP contribution in [0.25, 0.3) is 0 Å². The Morgan fingerprint density at radius 1 is 1.18 bits per heavy atom. The zero-order valence-corrected chi connectivity index (χ0v) is 19.1. The van der Waals surface area contributed by atoms with Gasteiger partial charge in [0.15, 0.2) is 0 Å². The molecule has 2 heterocycles. The third-order valence-electron chi connectivity index (χ3n) is 5.74. The van der Waals surface area contributed by atoms with Gasteiger partial charge in [0.2, 0.25) is 5.91 Å². The molecule has 3 N–H and O–H groups in total. The Balaban J connectivity index is 0.00000243. The van der Waals surface area contributed by atoms with Gasteiger partial charge in [0.05, 0.1) is 11.9 Å². The maximum atomic E-state index is 12.2. The van der Waals surface area contributed by atoms with Crippen molar-refractivity contribution in [3.63, 3.8) is 0 Å². The fourth-order valence-corrected chi connectivity index (χ4v) is 4.04. The van der Waals surface area contributed by atoms with Crippen LogP contribution < -0.4 is 16.0 Å². The Morgan fingerprint density at radius 2 is 1.86 bits per heavy atom. The number of halogens is 3. The lowest BCUT2D eigenvalue weighted by molar-refractivity contribution is -0.117. The van der Waals surface area contributed by atoms with Crippen molar-refractivity contribution in [2.45, 2.75) is 50.6 Å². The summed E-state index contributed by atoms with van der Waals surface area (Å²) in [7, 11) is 4.30. The maximum absolute atomic E-state index is 12.2. The fraction of sp³-hybridized carbons (Fsp3) is 0.684. The Labute approximate surface area is 187 Å². The zero-order chi connectivity index (χ0) is 17.8. The molecule has 0 unspecified atom stereocenters. The largest absolute Gasteiger partial charge is 0.370 e. The number of aromatic nitrogens is 1. The molecule has 6 nitrogen and oxygen atoms in total. The van der Waals surface area contributed by atoms with Gasteiger partial charge in [-0.15, -0.1) is 37.2 Å². The Bertz CT molecular complexity index is 579. The van der Waals surface area contributed by atoms with E-state index in [4.69, 9.17) is 5.73 Å². The van der Waals surface area contributed by atoms with E-state index in [0.717, 1.165) is 38.0 Å². The van der Waals surface area contributed by atoms with E-state index >= 15 is 0 Å². The summed E-state index contributed by atoms with van der Waals surface area (Å²) >= 11 is 0. The maximum Gasteiger partial charge on any atom is 0.225 e. The number of amides is 1. The van der Waals surface area contributed by atoms with Crippen molar-refractivity contribution < 1.29 is 4.79 Å². The quantitative estimate of drug-likeness (QED) is 0.714. The van der Waals surface area contributed by atoms with Gasteiger partial charge in [-0.05, 0) is 57.8 Å². The van der Waals surface area contributed by atoms with Gasteiger partial charge in [-0.25, -0.2) is 4.98 Å². The highest BCUT2D eigenvalue weighted by molar-refractivity contribution is 5.90. The van der Waals surface area contributed by atoms with Gasteiger partial charge in [-0.1, -0.05) is 6.42 Å². The number of pyridine rings is 1. The van der Waals surface area contributed by atoms with E-state index in [-0.39, 0.29) is 49.2 Å². The molecule has 1 aromatic heterocycles. The first-order chi connectivity index (χ1) is 12.0. The number of hydrogen-bond donors (Lipinski definition) is 2. The van der Waals surface area contributed by atoms with Crippen LogP contribution in [0.15, 0.2) is 18.3 Å². The first-order valence-corrected chi connectivity index (χ1v) is 9.46. The number of nitrogens with zero attached hydrogens (tertiary/aromatic N) is 3. The van der Waals surface area contributed by atoms with Crippen LogP contribution in [0.4, 0.5) is 11.5 Å². The number of anilines is 2. The van der Waals surface area contributed by atoms with Crippen LogP contribution in [0, 0.1) is 5.92 Å². The minimum absolute atomic E-state index is 0. The molecular formula is C19H34Cl3N5O. The Kier molecular flexibility index (Phi) is 12.3. The van der Waals surface area contributed by atoms with E-state index in [1.54, 1.807) is 0 Å². The number of nitrogens with two attached hydrogens (primary N) is 1. The Morgan fingerprint density at radius 3 is 2.36 bits per heavy atom. The number of carbonyl (C=O) groups excluding carboxylic acids is 1. The lowest BCUT2D eigenvalue weighted by Gasteiger charge is -2.36. The summed E-state index contributed by atoms with van der Waals surface area (Å²) in [6.45, 7) is 2.10. The molecule has 0 bridgehead atoms. The third-order valence-corrected chi connectivity index (χ3v) is 5.74. The average Bonchev–Trinajstić information content (AvgIpc) is 3.00. The van der Waals surface area contributed by atoms with Gasteiger partial charge in [-0.3, -0.25) is 4.79 Å². The van der Waals surface area contributed by atoms with E-state index in [1.807, 2.05) is 12.3 Å². The summed E-state index contributed by atoms with van der Waals surface area (Å²) in [6.07, 6.45) is 7.95. The molecule has 1 aliphatic heterocycles. The van der Waals surface area contributed by atoms with Crippen LogP contribution in [0.2, 0.25) is 0 Å². The van der Waals surface area contributed by atoms with Crippen LogP contribution in [0.3, 0.4) is 0 Å². The summed E-state index contributed by atoms with van der Waals surface area (Å²) in [5.41, 5.74) is 7.18. The highest BCUT2D eigenvalue weighted by Gasteiger charge is 2.26. The molecule has 0 aromatic carbocycles. The molecule has 1 saturated heterocycles. The van der Waals surface area contributed by atoms with E-state index in [0.29, 0.717) is 24.2 Å². The summed E-state index contributed by atoms with van der Waals surface area (Å²) in [6, 6.07) is 4.80. The molecule has 0 radical (unpaired) electrons. The number of hydrogen-bond acceptors (Lipinski definition) is 5. The molecular weight excluding hydrogens is 421 g/mol. The lowest BCUT2D eigenvalue weighted by Crippen LogP contribution is -2.42. The highest BCUT2D eigenvalue weighted by Crippen LogP contribution is 2.27. The van der Waals surface area contributed by atoms with E-state index in [2.05, 4.69) is 40.3 Å². The van der Waals surface area contributed by atoms with E-state index < -0.39 is 0 Å². The lowest BCUT2D eigenvalue weighted by atomic mass is 10.00. The first-order valence-electron chi connectivity index (χ1n) is 9.46. The predicted molar refractivity (Wildman–Crippen MR) is 123 cm³/mol. The molecule has 1 aromatic rings. The molecule has 28 heavy (non-hydrogen) atoms. The van der Waals surface area contributed by atoms with Crippen molar-refractivity contribution >= 4 is 54.6 Å². The molecule has 162 valence electrons. The van der Waals surface area contributed by atoms with Crippen molar-refractivity contribution in [1.82, 2.24) is 9.88 Å². The predicted octanol–water partition coefficient (Wildman–Crippen LogP) is 3.33. The van der Waals surface area contributed by atoms with Crippen LogP contribution in [0.5, 0.6) is 0 Å². The third kappa shape index (κ3) is 7.23. The normalized spacial score (nSPS) is 22.1. The summed E-state index contributed by atoms with van der Waals surface area (Å²) in [5, 5.41) is 2.91. The topological polar surface area (TPSA) is 74.5 Å². The van der Waals surface area contributed by atoms with Crippen molar-refractivity contribution in [2.75, 3.05) is 37.4 Å². The van der Waals surface area contributed by atoms with Gasteiger partial charge in [0, 0.05) is 31.6 Å². The minimum atomic E-state index is 0. The molecule has 1 aliphatic carbocycles. The van der Waals surface area contributed by atoms with Crippen molar-refractivity contribution in [2.24, 2.45) is 11.7 Å². The number of carbonyl (C=O) groups is 1. The van der Waals surface area contributed by atoms with Crippen LogP contribution in [0.1, 0.15) is 38.5 Å². The van der Waals surface area contributed by atoms with Gasteiger partial charge >= 0.3 is 0 Å². The van der Waals surface area contributed by atoms with Gasteiger partial charge in [0.1, 0.15) is 5.82 Å². The molecule has 3 rings (SSSR count). The molecule has 9 heteroatoms. The molecule has 0 spiro atoms. The summed E-state index contributed by atoms with van der Waals surface area (Å²) in [5.74, 6) is 0.968. The van der Waals surface area contributed by atoms with Crippen molar-refractivity contribution in [3.05, 3.63) is 18.3 Å².